The van der Waals surface area contributed by atoms with Gasteiger partial charge in [0.1, 0.15) is 11.5 Å². The highest BCUT2D eigenvalue weighted by Crippen LogP contribution is 2.23. The molecule has 0 saturated carbocycles. The van der Waals surface area contributed by atoms with Crippen molar-refractivity contribution in [1.29, 1.82) is 0 Å². The molecule has 2 heterocycles. The Morgan fingerprint density at radius 3 is 2.39 bits per heavy atom. The molecule has 0 bridgehead atoms. The number of halogens is 1. The highest BCUT2D eigenvalue weighted by atomic mass is 35.5. The Bertz CT molecular complexity index is 1150. The van der Waals surface area contributed by atoms with Gasteiger partial charge < -0.3 is 10.1 Å². The van der Waals surface area contributed by atoms with Crippen molar-refractivity contribution in [3.8, 4) is 22.9 Å². The number of tetrazole rings is 1. The standard InChI is InChI=1S/C22H19ClN6O2/c1-2-20(29-27-21(26-28-29)15-3-5-16(23)6-4-15)22(30)25-17-7-9-18(10-8-17)31-19-11-13-24-14-12-19/h3-14,20H,2H2,1H3,(H,25,30). The number of pyridine rings is 1. The summed E-state index contributed by atoms with van der Waals surface area (Å²) in [5.41, 5.74) is 1.42. The highest BCUT2D eigenvalue weighted by molar-refractivity contribution is 6.30. The number of carbonyl (C=O) groups is 1. The number of ether oxygens (including phenoxy) is 1. The third-order valence-corrected chi connectivity index (χ3v) is 4.76. The normalized spacial score (nSPS) is 11.7. The minimum absolute atomic E-state index is 0.231. The molecule has 1 unspecified atom stereocenters. The van der Waals surface area contributed by atoms with Gasteiger partial charge in [-0.15, -0.1) is 10.2 Å². The van der Waals surface area contributed by atoms with Crippen LogP contribution in [0.1, 0.15) is 19.4 Å². The zero-order valence-corrected chi connectivity index (χ0v) is 17.4. The molecule has 0 saturated heterocycles. The van der Waals surface area contributed by atoms with E-state index in [2.05, 4.69) is 25.7 Å². The Morgan fingerprint density at radius 2 is 1.71 bits per heavy atom. The maximum absolute atomic E-state index is 12.8. The summed E-state index contributed by atoms with van der Waals surface area (Å²) in [4.78, 5) is 18.1. The molecule has 9 heteroatoms. The molecule has 1 amide bonds. The first-order valence-corrected chi connectivity index (χ1v) is 10.0. The molecule has 2 aromatic carbocycles. The molecule has 1 N–H and O–H groups in total. The molecule has 0 aliphatic rings. The first-order valence-electron chi connectivity index (χ1n) is 9.66. The van der Waals surface area contributed by atoms with Crippen LogP contribution in [-0.2, 0) is 4.79 Å². The average molecular weight is 435 g/mol. The third kappa shape index (κ3) is 5.04. The lowest BCUT2D eigenvalue weighted by Gasteiger charge is -2.14. The highest BCUT2D eigenvalue weighted by Gasteiger charge is 2.22. The maximum atomic E-state index is 12.8. The number of carbonyl (C=O) groups excluding carboxylic acids is 1. The molecule has 2 aromatic heterocycles. The molecule has 0 fully saturated rings. The van der Waals surface area contributed by atoms with Gasteiger partial charge in [-0.3, -0.25) is 9.78 Å². The molecule has 0 spiro atoms. The lowest BCUT2D eigenvalue weighted by molar-refractivity contribution is -0.119. The van der Waals surface area contributed by atoms with Gasteiger partial charge in [0.05, 0.1) is 0 Å². The molecule has 0 aliphatic heterocycles. The van der Waals surface area contributed by atoms with Gasteiger partial charge in [0.2, 0.25) is 5.82 Å². The number of hydrogen-bond donors (Lipinski definition) is 1. The lowest BCUT2D eigenvalue weighted by Crippen LogP contribution is -2.27. The number of aromatic nitrogens is 5. The number of nitrogens with one attached hydrogen (secondary N) is 1. The molecule has 0 aliphatic carbocycles. The second kappa shape index (κ2) is 9.36. The number of amides is 1. The van der Waals surface area contributed by atoms with Gasteiger partial charge in [-0.2, -0.15) is 4.80 Å². The second-order valence-corrected chi connectivity index (χ2v) is 7.10. The van der Waals surface area contributed by atoms with Crippen LogP contribution in [0.15, 0.2) is 73.1 Å². The van der Waals surface area contributed by atoms with E-state index in [1.54, 1.807) is 73.1 Å². The van der Waals surface area contributed by atoms with Gasteiger partial charge in [-0.05, 0) is 72.3 Å². The molecule has 8 nitrogen and oxygen atoms in total. The number of benzene rings is 2. The third-order valence-electron chi connectivity index (χ3n) is 4.51. The van der Waals surface area contributed by atoms with Gasteiger partial charge in [0.25, 0.3) is 5.91 Å². The summed E-state index contributed by atoms with van der Waals surface area (Å²) in [5, 5.41) is 16.0. The average Bonchev–Trinajstić information content (AvgIpc) is 3.26. The molecule has 1 atom stereocenters. The summed E-state index contributed by atoms with van der Waals surface area (Å²) < 4.78 is 5.74. The Morgan fingerprint density at radius 1 is 1.03 bits per heavy atom. The maximum Gasteiger partial charge on any atom is 0.251 e. The van der Waals surface area contributed by atoms with Gasteiger partial charge in [-0.1, -0.05) is 18.5 Å². The monoisotopic (exact) mass is 434 g/mol. The van der Waals surface area contributed by atoms with Crippen LogP contribution in [0, 0.1) is 0 Å². The van der Waals surface area contributed by atoms with E-state index in [0.717, 1.165) is 5.56 Å². The largest absolute Gasteiger partial charge is 0.457 e. The quantitative estimate of drug-likeness (QED) is 0.450. The fourth-order valence-corrected chi connectivity index (χ4v) is 3.03. The Kier molecular flexibility index (Phi) is 6.18. The van der Waals surface area contributed by atoms with Crippen LogP contribution in [0.5, 0.6) is 11.5 Å². The van der Waals surface area contributed by atoms with Crippen LogP contribution in [0.25, 0.3) is 11.4 Å². The van der Waals surface area contributed by atoms with Crippen molar-refractivity contribution >= 4 is 23.2 Å². The predicted molar refractivity (Wildman–Crippen MR) is 117 cm³/mol. The molecule has 0 radical (unpaired) electrons. The Labute approximate surface area is 183 Å². The zero-order valence-electron chi connectivity index (χ0n) is 16.6. The van der Waals surface area contributed by atoms with Crippen LogP contribution >= 0.6 is 11.6 Å². The molecule has 31 heavy (non-hydrogen) atoms. The smallest absolute Gasteiger partial charge is 0.251 e. The Hall–Kier alpha value is -3.78. The molecule has 4 aromatic rings. The summed E-state index contributed by atoms with van der Waals surface area (Å²) in [6, 6.07) is 17.2. The van der Waals surface area contributed by atoms with E-state index in [4.69, 9.17) is 16.3 Å². The van der Waals surface area contributed by atoms with Crippen molar-refractivity contribution < 1.29 is 9.53 Å². The van der Waals surface area contributed by atoms with E-state index in [1.807, 2.05) is 6.92 Å². The van der Waals surface area contributed by atoms with Crippen molar-refractivity contribution in [2.24, 2.45) is 0 Å². The summed E-state index contributed by atoms with van der Waals surface area (Å²) in [6.07, 6.45) is 3.82. The summed E-state index contributed by atoms with van der Waals surface area (Å²) in [5.74, 6) is 1.54. The van der Waals surface area contributed by atoms with Crippen LogP contribution in [0.4, 0.5) is 5.69 Å². The van der Waals surface area contributed by atoms with E-state index in [9.17, 15) is 4.79 Å². The predicted octanol–water partition coefficient (Wildman–Crippen LogP) is 4.77. The number of anilines is 1. The first kappa shape index (κ1) is 20.5. The van der Waals surface area contributed by atoms with Crippen molar-refractivity contribution in [2.75, 3.05) is 5.32 Å². The number of hydrogen-bond acceptors (Lipinski definition) is 6. The minimum Gasteiger partial charge on any atom is -0.457 e. The van der Waals surface area contributed by atoms with Crippen molar-refractivity contribution in [3.63, 3.8) is 0 Å². The van der Waals surface area contributed by atoms with E-state index in [-0.39, 0.29) is 5.91 Å². The Balaban J connectivity index is 1.43. The second-order valence-electron chi connectivity index (χ2n) is 6.66. The van der Waals surface area contributed by atoms with Gasteiger partial charge in [0, 0.05) is 28.7 Å². The molecular weight excluding hydrogens is 416 g/mol. The van der Waals surface area contributed by atoms with Gasteiger partial charge in [-0.25, -0.2) is 0 Å². The van der Waals surface area contributed by atoms with Gasteiger partial charge >= 0.3 is 0 Å². The first-order chi connectivity index (χ1) is 15.1. The fourth-order valence-electron chi connectivity index (χ4n) is 2.90. The van der Waals surface area contributed by atoms with E-state index >= 15 is 0 Å². The van der Waals surface area contributed by atoms with Crippen LogP contribution in [-0.4, -0.2) is 31.1 Å². The summed E-state index contributed by atoms with van der Waals surface area (Å²) >= 11 is 5.92. The van der Waals surface area contributed by atoms with Crippen LogP contribution in [0.3, 0.4) is 0 Å². The molecule has 4 rings (SSSR count). The molecule has 156 valence electrons. The fraction of sp³-hybridized carbons (Fsp3) is 0.136. The number of nitrogens with zero attached hydrogens (tertiary/aromatic N) is 5. The summed E-state index contributed by atoms with van der Waals surface area (Å²) in [7, 11) is 0. The van der Waals surface area contributed by atoms with Crippen molar-refractivity contribution in [1.82, 2.24) is 25.2 Å². The SMILES string of the molecule is CCC(C(=O)Nc1ccc(Oc2ccncc2)cc1)n1nnc(-c2ccc(Cl)cc2)n1. The summed E-state index contributed by atoms with van der Waals surface area (Å²) in [6.45, 7) is 1.89. The number of rotatable bonds is 7. The molecular formula is C22H19ClN6O2. The van der Waals surface area contributed by atoms with E-state index < -0.39 is 6.04 Å². The topological polar surface area (TPSA) is 94.8 Å². The van der Waals surface area contributed by atoms with Crippen LogP contribution in [0.2, 0.25) is 5.02 Å². The van der Waals surface area contributed by atoms with Gasteiger partial charge in [0.15, 0.2) is 6.04 Å². The van der Waals surface area contributed by atoms with E-state index in [1.165, 1.54) is 4.80 Å². The van der Waals surface area contributed by atoms with Crippen LogP contribution < -0.4 is 10.1 Å². The minimum atomic E-state index is -0.596. The zero-order chi connectivity index (χ0) is 21.6. The lowest BCUT2D eigenvalue weighted by atomic mass is 10.2. The van der Waals surface area contributed by atoms with E-state index in [0.29, 0.717) is 34.5 Å². The van der Waals surface area contributed by atoms with Crippen molar-refractivity contribution in [3.05, 3.63) is 78.1 Å². The van der Waals surface area contributed by atoms with Crippen molar-refractivity contribution in [2.45, 2.75) is 19.4 Å².